The van der Waals surface area contributed by atoms with Gasteiger partial charge in [0.1, 0.15) is 0 Å². The van der Waals surface area contributed by atoms with Gasteiger partial charge in [0.15, 0.2) is 0 Å². The predicted molar refractivity (Wildman–Crippen MR) is 53.9 cm³/mol. The van der Waals surface area contributed by atoms with Gasteiger partial charge in [-0.25, -0.2) is 0 Å². The summed E-state index contributed by atoms with van der Waals surface area (Å²) in [6.07, 6.45) is 7.46. The Labute approximate surface area is 80.1 Å². The molecule has 0 saturated heterocycles. The van der Waals surface area contributed by atoms with Crippen LogP contribution < -0.4 is 11.1 Å². The van der Waals surface area contributed by atoms with Crippen molar-refractivity contribution in [3.63, 3.8) is 0 Å². The Morgan fingerprint density at radius 1 is 1.69 bits per heavy atom. The number of terminal acetylenes is 1. The summed E-state index contributed by atoms with van der Waals surface area (Å²) in [7, 11) is 0. The first-order valence-electron chi connectivity index (χ1n) is 4.67. The first-order valence-corrected chi connectivity index (χ1v) is 4.67. The Balaban J connectivity index is 3.72. The van der Waals surface area contributed by atoms with Gasteiger partial charge in [-0.1, -0.05) is 13.3 Å². The van der Waals surface area contributed by atoms with Gasteiger partial charge in [0, 0.05) is 19.5 Å². The van der Waals surface area contributed by atoms with Crippen molar-refractivity contribution >= 4 is 5.91 Å². The molecule has 1 atom stereocenters. The van der Waals surface area contributed by atoms with E-state index in [4.69, 9.17) is 12.2 Å². The molecule has 0 aromatic rings. The molecule has 0 heterocycles. The first kappa shape index (κ1) is 12.0. The van der Waals surface area contributed by atoms with E-state index >= 15 is 0 Å². The number of carbonyl (C=O) groups excluding carboxylic acids is 1. The zero-order valence-corrected chi connectivity index (χ0v) is 8.18. The molecular weight excluding hydrogens is 164 g/mol. The van der Waals surface area contributed by atoms with Gasteiger partial charge < -0.3 is 11.1 Å². The topological polar surface area (TPSA) is 55.1 Å². The van der Waals surface area contributed by atoms with Gasteiger partial charge >= 0.3 is 0 Å². The van der Waals surface area contributed by atoms with E-state index in [0.717, 1.165) is 12.8 Å². The van der Waals surface area contributed by atoms with Crippen molar-refractivity contribution in [1.29, 1.82) is 0 Å². The van der Waals surface area contributed by atoms with Gasteiger partial charge in [-0.05, 0) is 6.42 Å². The number of amides is 1. The molecule has 74 valence electrons. The summed E-state index contributed by atoms with van der Waals surface area (Å²) in [5.74, 6) is 2.44. The van der Waals surface area contributed by atoms with Crippen molar-refractivity contribution in [1.82, 2.24) is 5.32 Å². The van der Waals surface area contributed by atoms with Crippen LogP contribution in [0.3, 0.4) is 0 Å². The number of hydrogen-bond acceptors (Lipinski definition) is 2. The Kier molecular flexibility index (Phi) is 7.04. The van der Waals surface area contributed by atoms with Gasteiger partial charge in [0.2, 0.25) is 5.91 Å². The monoisotopic (exact) mass is 182 g/mol. The van der Waals surface area contributed by atoms with E-state index < -0.39 is 0 Å². The highest BCUT2D eigenvalue weighted by molar-refractivity contribution is 5.78. The average Bonchev–Trinajstić information content (AvgIpc) is 2.14. The highest BCUT2D eigenvalue weighted by Crippen LogP contribution is 2.03. The van der Waals surface area contributed by atoms with Crippen LogP contribution >= 0.6 is 0 Å². The number of hydrogen-bond donors (Lipinski definition) is 2. The second kappa shape index (κ2) is 7.63. The third-order valence-corrected chi connectivity index (χ3v) is 1.86. The predicted octanol–water partition coefficient (Wildman–Crippen LogP) is 0.501. The third-order valence-electron chi connectivity index (χ3n) is 1.86. The smallest absolute Gasteiger partial charge is 0.224 e. The largest absolute Gasteiger partial charge is 0.355 e. The van der Waals surface area contributed by atoms with Crippen LogP contribution in [-0.4, -0.2) is 19.0 Å². The van der Waals surface area contributed by atoms with Crippen LogP contribution in [0.25, 0.3) is 0 Å². The number of rotatable bonds is 6. The minimum atomic E-state index is -0.0530. The first-order chi connectivity index (χ1) is 6.26. The van der Waals surface area contributed by atoms with E-state index in [9.17, 15) is 4.79 Å². The van der Waals surface area contributed by atoms with Crippen LogP contribution in [-0.2, 0) is 4.79 Å². The Morgan fingerprint density at radius 3 is 2.85 bits per heavy atom. The molecule has 0 aromatic carbocycles. The molecule has 0 saturated carbocycles. The minimum absolute atomic E-state index is 0.0274. The van der Waals surface area contributed by atoms with E-state index in [1.165, 1.54) is 0 Å². The van der Waals surface area contributed by atoms with Crippen LogP contribution in [0.5, 0.6) is 0 Å². The summed E-state index contributed by atoms with van der Waals surface area (Å²) in [5.41, 5.74) is 5.46. The van der Waals surface area contributed by atoms with Crippen LogP contribution in [0.4, 0.5) is 0 Å². The Hall–Kier alpha value is -1.01. The van der Waals surface area contributed by atoms with Crippen molar-refractivity contribution < 1.29 is 4.79 Å². The minimum Gasteiger partial charge on any atom is -0.355 e. The molecule has 0 rings (SSSR count). The molecule has 0 radical (unpaired) electrons. The van der Waals surface area contributed by atoms with E-state index in [-0.39, 0.29) is 11.8 Å². The molecule has 13 heavy (non-hydrogen) atoms. The van der Waals surface area contributed by atoms with Crippen LogP contribution in [0.2, 0.25) is 0 Å². The lowest BCUT2D eigenvalue weighted by Gasteiger charge is -2.12. The van der Waals surface area contributed by atoms with Crippen LogP contribution in [0, 0.1) is 18.3 Å². The molecule has 1 unspecified atom stereocenters. The Bertz CT molecular complexity index is 184. The quantitative estimate of drug-likeness (QED) is 0.464. The summed E-state index contributed by atoms with van der Waals surface area (Å²) in [4.78, 5) is 11.4. The SMILES string of the molecule is C#CCCNC(=O)C(CN)CCC. The molecule has 0 aromatic heterocycles. The maximum Gasteiger partial charge on any atom is 0.224 e. The average molecular weight is 182 g/mol. The van der Waals surface area contributed by atoms with E-state index in [2.05, 4.69) is 11.2 Å². The summed E-state index contributed by atoms with van der Waals surface area (Å²) in [5, 5.41) is 2.76. The Morgan fingerprint density at radius 2 is 2.38 bits per heavy atom. The molecule has 1 amide bonds. The molecule has 0 aliphatic carbocycles. The third kappa shape index (κ3) is 5.26. The van der Waals surface area contributed by atoms with Crippen LogP contribution in [0.1, 0.15) is 26.2 Å². The maximum absolute atomic E-state index is 11.4. The van der Waals surface area contributed by atoms with Gasteiger partial charge in [-0.2, -0.15) is 0 Å². The number of nitrogens with one attached hydrogen (secondary N) is 1. The van der Waals surface area contributed by atoms with Crippen molar-refractivity contribution in [2.75, 3.05) is 13.1 Å². The highest BCUT2D eigenvalue weighted by Gasteiger charge is 2.14. The zero-order chi connectivity index (χ0) is 10.1. The van der Waals surface area contributed by atoms with Crippen molar-refractivity contribution in [3.05, 3.63) is 0 Å². The molecule has 0 spiro atoms. The summed E-state index contributed by atoms with van der Waals surface area (Å²) >= 11 is 0. The summed E-state index contributed by atoms with van der Waals surface area (Å²) < 4.78 is 0. The lowest BCUT2D eigenvalue weighted by Crippen LogP contribution is -2.35. The van der Waals surface area contributed by atoms with Gasteiger partial charge in [0.25, 0.3) is 0 Å². The normalized spacial score (nSPS) is 11.8. The molecule has 3 nitrogen and oxygen atoms in total. The van der Waals surface area contributed by atoms with Crippen molar-refractivity contribution in [2.24, 2.45) is 11.7 Å². The fourth-order valence-corrected chi connectivity index (χ4v) is 1.11. The molecule has 0 aliphatic heterocycles. The molecular formula is C10H18N2O. The van der Waals surface area contributed by atoms with E-state index in [1.54, 1.807) is 0 Å². The van der Waals surface area contributed by atoms with Gasteiger partial charge in [0.05, 0.1) is 5.92 Å². The fourth-order valence-electron chi connectivity index (χ4n) is 1.11. The molecule has 3 heteroatoms. The fraction of sp³-hybridized carbons (Fsp3) is 0.700. The number of nitrogens with two attached hydrogens (primary N) is 1. The standard InChI is InChI=1S/C10H18N2O/c1-3-5-7-12-10(13)9(8-11)6-4-2/h1,9H,4-8,11H2,2H3,(H,12,13). The van der Waals surface area contributed by atoms with Gasteiger partial charge in [-0.15, -0.1) is 12.3 Å². The summed E-state index contributed by atoms with van der Waals surface area (Å²) in [6.45, 7) is 3.00. The molecule has 0 aliphatic rings. The summed E-state index contributed by atoms with van der Waals surface area (Å²) in [6, 6.07) is 0. The number of carbonyl (C=O) groups is 1. The van der Waals surface area contributed by atoms with E-state index in [0.29, 0.717) is 19.5 Å². The second-order valence-electron chi connectivity index (χ2n) is 2.97. The highest BCUT2D eigenvalue weighted by atomic mass is 16.1. The zero-order valence-electron chi connectivity index (χ0n) is 8.18. The lowest BCUT2D eigenvalue weighted by atomic mass is 10.0. The lowest BCUT2D eigenvalue weighted by molar-refractivity contribution is -0.124. The molecule has 0 bridgehead atoms. The molecule has 3 N–H and O–H groups in total. The van der Waals surface area contributed by atoms with E-state index in [1.807, 2.05) is 6.92 Å². The molecule has 0 fully saturated rings. The maximum atomic E-state index is 11.4. The van der Waals surface area contributed by atoms with Crippen molar-refractivity contribution in [3.8, 4) is 12.3 Å². The second-order valence-corrected chi connectivity index (χ2v) is 2.97. The van der Waals surface area contributed by atoms with Gasteiger partial charge in [-0.3, -0.25) is 4.79 Å². The van der Waals surface area contributed by atoms with Crippen LogP contribution in [0.15, 0.2) is 0 Å². The van der Waals surface area contributed by atoms with Crippen molar-refractivity contribution in [2.45, 2.75) is 26.2 Å².